The monoisotopic (exact) mass is 354 g/mol. The van der Waals surface area contributed by atoms with Crippen LogP contribution in [-0.4, -0.2) is 40.0 Å². The van der Waals surface area contributed by atoms with E-state index in [-0.39, 0.29) is 11.1 Å². The Morgan fingerprint density at radius 1 is 1.27 bits per heavy atom. The summed E-state index contributed by atoms with van der Waals surface area (Å²) < 4.78 is 5.86. The van der Waals surface area contributed by atoms with Crippen molar-refractivity contribution in [3.63, 3.8) is 0 Å². The molecule has 1 saturated heterocycles. The van der Waals surface area contributed by atoms with Crippen LogP contribution >= 0.6 is 0 Å². The number of nitrogens with zero attached hydrogens (tertiary/aromatic N) is 2. The van der Waals surface area contributed by atoms with Gasteiger partial charge in [-0.05, 0) is 51.4 Å². The Bertz CT molecular complexity index is 853. The van der Waals surface area contributed by atoms with Crippen molar-refractivity contribution in [3.05, 3.63) is 51.4 Å². The summed E-state index contributed by atoms with van der Waals surface area (Å²) in [6.07, 6.45) is 3.07. The number of H-pyrrole nitrogens is 1. The highest BCUT2D eigenvalue weighted by atomic mass is 16.5. The zero-order valence-corrected chi connectivity index (χ0v) is 15.5. The highest BCUT2D eigenvalue weighted by Crippen LogP contribution is 2.26. The van der Waals surface area contributed by atoms with E-state index in [9.17, 15) is 4.79 Å². The number of ether oxygens (including phenoxy) is 1. The molecule has 26 heavy (non-hydrogen) atoms. The first-order valence-electron chi connectivity index (χ1n) is 9.35. The molecule has 1 fully saturated rings. The fourth-order valence-electron chi connectivity index (χ4n) is 3.79. The van der Waals surface area contributed by atoms with Crippen molar-refractivity contribution in [2.75, 3.05) is 25.0 Å². The molecule has 6 nitrogen and oxygen atoms in total. The molecule has 1 aromatic carbocycles. The minimum Gasteiger partial charge on any atom is -0.487 e. The summed E-state index contributed by atoms with van der Waals surface area (Å²) in [5, 5.41) is 3.33. The summed E-state index contributed by atoms with van der Waals surface area (Å²) in [6, 6.07) is 7.84. The smallest absolute Gasteiger partial charge is 0.256 e. The van der Waals surface area contributed by atoms with E-state index in [0.717, 1.165) is 30.9 Å². The van der Waals surface area contributed by atoms with Gasteiger partial charge in [0.25, 0.3) is 5.56 Å². The molecule has 2 aromatic rings. The Morgan fingerprint density at radius 2 is 2.04 bits per heavy atom. The number of nitrogens with one attached hydrogen (secondary N) is 2. The van der Waals surface area contributed by atoms with Crippen molar-refractivity contribution >= 4 is 5.95 Å². The molecule has 0 bridgehead atoms. The van der Waals surface area contributed by atoms with Crippen LogP contribution in [-0.2, 0) is 13.0 Å². The topological polar surface area (TPSA) is 70.2 Å². The van der Waals surface area contributed by atoms with Crippen LogP contribution < -0.4 is 15.6 Å². The minimum atomic E-state index is -0.0863. The SMILES string of the molecule is CC(C)(CNc1nc2c(c(=O)[nH]1)Cc1ccccc1OC2)N1CCCC1. The molecular weight excluding hydrogens is 328 g/mol. The van der Waals surface area contributed by atoms with Gasteiger partial charge in [-0.1, -0.05) is 18.2 Å². The summed E-state index contributed by atoms with van der Waals surface area (Å²) in [4.78, 5) is 22.7. The first-order valence-corrected chi connectivity index (χ1v) is 9.35. The van der Waals surface area contributed by atoms with Crippen LogP contribution in [0.4, 0.5) is 5.95 Å². The second kappa shape index (κ2) is 6.76. The third-order valence-electron chi connectivity index (χ3n) is 5.46. The lowest BCUT2D eigenvalue weighted by atomic mass is 10.0. The number of fused-ring (bicyclic) bond motifs is 2. The molecule has 2 N–H and O–H groups in total. The van der Waals surface area contributed by atoms with Crippen molar-refractivity contribution < 1.29 is 4.74 Å². The average Bonchev–Trinajstić information content (AvgIpc) is 3.11. The first kappa shape index (κ1) is 17.1. The number of aromatic amines is 1. The number of rotatable bonds is 4. The molecule has 4 rings (SSSR count). The standard InChI is InChI=1S/C20H26N4O2/c1-20(2,24-9-5-6-10-24)13-21-19-22-16-12-26-17-8-4-3-7-14(17)11-15(16)18(25)23-19/h3-4,7-8H,5-6,9-13H2,1-2H3,(H2,21,22,23,25). The quantitative estimate of drug-likeness (QED) is 0.883. The average molecular weight is 354 g/mol. The summed E-state index contributed by atoms with van der Waals surface area (Å²) >= 11 is 0. The Morgan fingerprint density at radius 3 is 2.85 bits per heavy atom. The number of anilines is 1. The zero-order chi connectivity index (χ0) is 18.1. The van der Waals surface area contributed by atoms with Crippen molar-refractivity contribution in [2.45, 2.75) is 45.3 Å². The van der Waals surface area contributed by atoms with E-state index >= 15 is 0 Å². The second-order valence-electron chi connectivity index (χ2n) is 7.77. The molecule has 0 aliphatic carbocycles. The van der Waals surface area contributed by atoms with Gasteiger partial charge < -0.3 is 10.1 Å². The Hall–Kier alpha value is -2.34. The molecule has 138 valence electrons. The largest absolute Gasteiger partial charge is 0.487 e. The lowest BCUT2D eigenvalue weighted by Crippen LogP contribution is -2.47. The van der Waals surface area contributed by atoms with Crippen molar-refractivity contribution in [1.29, 1.82) is 0 Å². The normalized spacial score (nSPS) is 17.2. The summed E-state index contributed by atoms with van der Waals surface area (Å²) in [6.45, 7) is 7.78. The van der Waals surface area contributed by atoms with Crippen molar-refractivity contribution in [1.82, 2.24) is 14.9 Å². The number of benzene rings is 1. The fourth-order valence-corrected chi connectivity index (χ4v) is 3.79. The van der Waals surface area contributed by atoms with Gasteiger partial charge in [0.2, 0.25) is 5.95 Å². The molecule has 0 amide bonds. The van der Waals surface area contributed by atoms with Crippen molar-refractivity contribution in [3.8, 4) is 5.75 Å². The third-order valence-corrected chi connectivity index (χ3v) is 5.46. The predicted octanol–water partition coefficient (Wildman–Crippen LogP) is 2.54. The lowest BCUT2D eigenvalue weighted by molar-refractivity contribution is 0.167. The predicted molar refractivity (Wildman–Crippen MR) is 102 cm³/mol. The lowest BCUT2D eigenvalue weighted by Gasteiger charge is -2.35. The maximum atomic E-state index is 12.6. The summed E-state index contributed by atoms with van der Waals surface area (Å²) in [7, 11) is 0. The van der Waals surface area contributed by atoms with Gasteiger partial charge in [0.15, 0.2) is 0 Å². The van der Waals surface area contributed by atoms with Gasteiger partial charge in [-0.3, -0.25) is 14.7 Å². The molecule has 0 atom stereocenters. The highest BCUT2D eigenvalue weighted by Gasteiger charge is 2.29. The van der Waals surface area contributed by atoms with Gasteiger partial charge in [-0.25, -0.2) is 4.98 Å². The number of likely N-dealkylation sites (tertiary alicyclic amines) is 1. The molecule has 2 aliphatic rings. The van der Waals surface area contributed by atoms with Crippen LogP contribution in [0.2, 0.25) is 0 Å². The summed E-state index contributed by atoms with van der Waals surface area (Å²) in [5.74, 6) is 1.35. The van der Waals surface area contributed by atoms with Gasteiger partial charge in [0, 0.05) is 24.1 Å². The van der Waals surface area contributed by atoms with E-state index in [1.165, 1.54) is 12.8 Å². The molecule has 3 heterocycles. The fraction of sp³-hybridized carbons (Fsp3) is 0.500. The van der Waals surface area contributed by atoms with Crippen LogP contribution in [0, 0.1) is 0 Å². The number of hydrogen-bond acceptors (Lipinski definition) is 5. The maximum absolute atomic E-state index is 12.6. The van der Waals surface area contributed by atoms with E-state index in [1.807, 2.05) is 24.3 Å². The third kappa shape index (κ3) is 3.33. The van der Waals surface area contributed by atoms with E-state index in [0.29, 0.717) is 30.2 Å². The molecule has 1 aromatic heterocycles. The van der Waals surface area contributed by atoms with Crippen LogP contribution in [0.5, 0.6) is 5.75 Å². The van der Waals surface area contributed by atoms with E-state index < -0.39 is 0 Å². The Labute approximate surface area is 153 Å². The second-order valence-corrected chi connectivity index (χ2v) is 7.77. The molecular formula is C20H26N4O2. The molecule has 0 spiro atoms. The van der Waals surface area contributed by atoms with E-state index in [1.54, 1.807) is 0 Å². The van der Waals surface area contributed by atoms with E-state index in [4.69, 9.17) is 4.74 Å². The Kier molecular flexibility index (Phi) is 4.44. The van der Waals surface area contributed by atoms with Crippen LogP contribution in [0.1, 0.15) is 43.5 Å². The molecule has 0 unspecified atom stereocenters. The Balaban J connectivity index is 1.53. The highest BCUT2D eigenvalue weighted by molar-refractivity contribution is 5.41. The molecule has 6 heteroatoms. The molecule has 2 aliphatic heterocycles. The van der Waals surface area contributed by atoms with Gasteiger partial charge in [0.1, 0.15) is 12.4 Å². The van der Waals surface area contributed by atoms with Crippen LogP contribution in [0.25, 0.3) is 0 Å². The molecule has 0 radical (unpaired) electrons. The number of aromatic nitrogens is 2. The maximum Gasteiger partial charge on any atom is 0.256 e. The molecule has 0 saturated carbocycles. The van der Waals surface area contributed by atoms with Gasteiger partial charge in [-0.15, -0.1) is 0 Å². The van der Waals surface area contributed by atoms with Crippen LogP contribution in [0.15, 0.2) is 29.1 Å². The van der Waals surface area contributed by atoms with Gasteiger partial charge in [-0.2, -0.15) is 0 Å². The number of para-hydroxylation sites is 1. The van der Waals surface area contributed by atoms with Gasteiger partial charge in [0.05, 0.1) is 5.69 Å². The van der Waals surface area contributed by atoms with Crippen LogP contribution in [0.3, 0.4) is 0 Å². The zero-order valence-electron chi connectivity index (χ0n) is 15.5. The van der Waals surface area contributed by atoms with E-state index in [2.05, 4.69) is 34.0 Å². The minimum absolute atomic E-state index is 0.0224. The summed E-state index contributed by atoms with van der Waals surface area (Å²) in [5.41, 5.74) is 2.37. The van der Waals surface area contributed by atoms with Crippen molar-refractivity contribution in [2.24, 2.45) is 0 Å². The van der Waals surface area contributed by atoms with Gasteiger partial charge >= 0.3 is 0 Å². The number of hydrogen-bond donors (Lipinski definition) is 2. The first-order chi connectivity index (χ1) is 12.5.